The van der Waals surface area contributed by atoms with Gasteiger partial charge in [-0.1, -0.05) is 35.6 Å². The van der Waals surface area contributed by atoms with E-state index in [1.807, 2.05) is 19.2 Å². The third-order valence-electron chi connectivity index (χ3n) is 4.33. The Morgan fingerprint density at radius 1 is 1.04 bits per heavy atom. The van der Waals surface area contributed by atoms with Crippen LogP contribution in [0.25, 0.3) is 10.2 Å². The maximum atomic E-state index is 5.40. The molecule has 2 heterocycles. The molecule has 6 heteroatoms. The lowest BCUT2D eigenvalue weighted by Crippen LogP contribution is -2.36. The first-order valence-corrected chi connectivity index (χ1v) is 9.17. The molecule has 0 atom stereocenters. The van der Waals surface area contributed by atoms with Crippen LogP contribution in [0.3, 0.4) is 0 Å². The third-order valence-corrected chi connectivity index (χ3v) is 5.44. The predicted octanol–water partition coefficient (Wildman–Crippen LogP) is 3.01. The van der Waals surface area contributed by atoms with Crippen molar-refractivity contribution in [2.24, 2.45) is 17.3 Å². The van der Waals surface area contributed by atoms with Gasteiger partial charge in [0.1, 0.15) is 0 Å². The Bertz CT molecular complexity index is 949. The fraction of sp³-hybridized carbons (Fsp3) is 0.263. The Morgan fingerprint density at radius 3 is 2.56 bits per heavy atom. The van der Waals surface area contributed by atoms with Crippen LogP contribution < -0.4 is 9.70 Å². The molecule has 4 rings (SSSR count). The molecule has 1 aromatic heterocycles. The van der Waals surface area contributed by atoms with Crippen LogP contribution in [-0.4, -0.2) is 37.1 Å². The number of rotatable bonds is 3. The van der Waals surface area contributed by atoms with Crippen molar-refractivity contribution in [1.29, 1.82) is 0 Å². The fourth-order valence-electron chi connectivity index (χ4n) is 2.92. The topological polar surface area (TPSA) is 42.1 Å². The number of thiazole rings is 1. The molecule has 3 aromatic rings. The smallest absolute Gasteiger partial charge is 0.211 e. The van der Waals surface area contributed by atoms with Gasteiger partial charge in [0.25, 0.3) is 0 Å². The van der Waals surface area contributed by atoms with E-state index in [9.17, 15) is 0 Å². The summed E-state index contributed by atoms with van der Waals surface area (Å²) in [6.45, 7) is 3.50. The molecule has 0 saturated carbocycles. The van der Waals surface area contributed by atoms with E-state index in [0.29, 0.717) is 0 Å². The van der Waals surface area contributed by atoms with Gasteiger partial charge in [0, 0.05) is 25.8 Å². The molecule has 25 heavy (non-hydrogen) atoms. The standard InChI is InChI=1S/C19H20N4OS/c1-22-17-4-2-3-5-18(17)25-19(22)21-20-14-15-6-8-16(9-7-15)23-10-12-24-13-11-23/h2-9,14H,10-13H2,1H3/b20-14+,21-19-. The molecular formula is C19H20N4OS. The summed E-state index contributed by atoms with van der Waals surface area (Å²) in [4.78, 5) is 3.23. The van der Waals surface area contributed by atoms with Gasteiger partial charge in [0.2, 0.25) is 4.80 Å². The van der Waals surface area contributed by atoms with E-state index in [4.69, 9.17) is 4.74 Å². The summed E-state index contributed by atoms with van der Waals surface area (Å²) < 4.78 is 8.68. The number of benzene rings is 2. The second kappa shape index (κ2) is 7.21. The average molecular weight is 352 g/mol. The Morgan fingerprint density at radius 2 is 1.80 bits per heavy atom. The molecule has 0 bridgehead atoms. The minimum Gasteiger partial charge on any atom is -0.378 e. The van der Waals surface area contributed by atoms with Crippen molar-refractivity contribution in [3.8, 4) is 0 Å². The third kappa shape index (κ3) is 3.50. The molecule has 0 aliphatic carbocycles. The second-order valence-corrected chi connectivity index (χ2v) is 6.96. The number of nitrogens with zero attached hydrogens (tertiary/aromatic N) is 4. The summed E-state index contributed by atoms with van der Waals surface area (Å²) in [5.41, 5.74) is 3.45. The largest absolute Gasteiger partial charge is 0.378 e. The van der Waals surface area contributed by atoms with Crippen LogP contribution in [0.4, 0.5) is 5.69 Å². The van der Waals surface area contributed by atoms with E-state index in [1.54, 1.807) is 17.6 Å². The predicted molar refractivity (Wildman–Crippen MR) is 103 cm³/mol. The highest BCUT2D eigenvalue weighted by molar-refractivity contribution is 7.16. The average Bonchev–Trinajstić information content (AvgIpc) is 2.99. The first-order chi connectivity index (χ1) is 12.3. The Kier molecular flexibility index (Phi) is 4.63. The van der Waals surface area contributed by atoms with Gasteiger partial charge >= 0.3 is 0 Å². The number of anilines is 1. The Balaban J connectivity index is 1.52. The van der Waals surface area contributed by atoms with Crippen LogP contribution in [-0.2, 0) is 11.8 Å². The lowest BCUT2D eigenvalue weighted by molar-refractivity contribution is 0.122. The van der Waals surface area contributed by atoms with Gasteiger partial charge in [-0.3, -0.25) is 0 Å². The maximum Gasteiger partial charge on any atom is 0.211 e. The molecule has 5 nitrogen and oxygen atoms in total. The number of fused-ring (bicyclic) bond motifs is 1. The zero-order valence-electron chi connectivity index (χ0n) is 14.1. The van der Waals surface area contributed by atoms with Gasteiger partial charge in [-0.05, 0) is 29.8 Å². The minimum absolute atomic E-state index is 0.800. The second-order valence-electron chi connectivity index (χ2n) is 5.95. The van der Waals surface area contributed by atoms with E-state index in [0.717, 1.165) is 36.7 Å². The summed E-state index contributed by atoms with van der Waals surface area (Å²) in [6, 6.07) is 16.7. The van der Waals surface area contributed by atoms with Crippen molar-refractivity contribution in [2.45, 2.75) is 0 Å². The SMILES string of the molecule is Cn1/c(=N/N=C/c2ccc(N3CCOCC3)cc2)sc2ccccc21. The quantitative estimate of drug-likeness (QED) is 0.537. The van der Waals surface area contributed by atoms with E-state index >= 15 is 0 Å². The highest BCUT2D eigenvalue weighted by Gasteiger charge is 2.10. The summed E-state index contributed by atoms with van der Waals surface area (Å²) in [7, 11) is 2.02. The minimum atomic E-state index is 0.800. The van der Waals surface area contributed by atoms with Crippen LogP contribution in [0.2, 0.25) is 0 Å². The van der Waals surface area contributed by atoms with E-state index in [2.05, 4.69) is 56.1 Å². The van der Waals surface area contributed by atoms with Crippen molar-refractivity contribution in [2.75, 3.05) is 31.2 Å². The highest BCUT2D eigenvalue weighted by Crippen LogP contribution is 2.16. The van der Waals surface area contributed by atoms with Gasteiger partial charge < -0.3 is 14.2 Å². The molecule has 2 aromatic carbocycles. The van der Waals surface area contributed by atoms with Crippen LogP contribution in [0.15, 0.2) is 58.7 Å². The van der Waals surface area contributed by atoms with Gasteiger partial charge in [-0.25, -0.2) is 0 Å². The lowest BCUT2D eigenvalue weighted by Gasteiger charge is -2.28. The number of aromatic nitrogens is 1. The number of ether oxygens (including phenoxy) is 1. The van der Waals surface area contributed by atoms with Crippen LogP contribution in [0.5, 0.6) is 0 Å². The summed E-state index contributed by atoms with van der Waals surface area (Å²) in [6.07, 6.45) is 1.80. The first-order valence-electron chi connectivity index (χ1n) is 8.36. The van der Waals surface area contributed by atoms with Crippen molar-refractivity contribution < 1.29 is 4.74 Å². The Hall–Kier alpha value is -2.44. The van der Waals surface area contributed by atoms with Crippen LogP contribution >= 0.6 is 11.3 Å². The Labute approximate surface area is 150 Å². The monoisotopic (exact) mass is 352 g/mol. The molecule has 1 fully saturated rings. The van der Waals surface area contributed by atoms with Crippen LogP contribution in [0.1, 0.15) is 5.56 Å². The van der Waals surface area contributed by atoms with Gasteiger partial charge in [-0.15, -0.1) is 5.10 Å². The zero-order chi connectivity index (χ0) is 17.1. The summed E-state index contributed by atoms with van der Waals surface area (Å²) in [5.74, 6) is 0. The number of aryl methyl sites for hydroxylation is 1. The van der Waals surface area contributed by atoms with Crippen LogP contribution in [0, 0.1) is 0 Å². The molecule has 1 saturated heterocycles. The van der Waals surface area contributed by atoms with E-state index in [1.165, 1.54) is 15.9 Å². The van der Waals surface area contributed by atoms with Crippen molar-refractivity contribution in [1.82, 2.24) is 4.57 Å². The molecule has 0 N–H and O–H groups in total. The molecule has 1 aliphatic rings. The summed E-state index contributed by atoms with van der Waals surface area (Å²) in [5, 5.41) is 8.64. The zero-order valence-corrected chi connectivity index (χ0v) is 14.9. The first kappa shape index (κ1) is 16.1. The van der Waals surface area contributed by atoms with Crippen molar-refractivity contribution in [3.05, 3.63) is 58.9 Å². The molecule has 0 amide bonds. The molecule has 128 valence electrons. The van der Waals surface area contributed by atoms with Crippen molar-refractivity contribution >= 4 is 33.5 Å². The molecule has 0 spiro atoms. The molecular weight excluding hydrogens is 332 g/mol. The molecule has 0 unspecified atom stereocenters. The number of hydrogen-bond acceptors (Lipinski definition) is 5. The van der Waals surface area contributed by atoms with E-state index in [-0.39, 0.29) is 0 Å². The van der Waals surface area contributed by atoms with Crippen molar-refractivity contribution in [3.63, 3.8) is 0 Å². The fourth-order valence-corrected chi connectivity index (χ4v) is 3.89. The normalized spacial score (nSPS) is 16.2. The van der Waals surface area contributed by atoms with Gasteiger partial charge in [0.15, 0.2) is 0 Å². The lowest BCUT2D eigenvalue weighted by atomic mass is 10.2. The highest BCUT2D eigenvalue weighted by atomic mass is 32.1. The molecule has 0 radical (unpaired) electrons. The number of para-hydroxylation sites is 1. The van der Waals surface area contributed by atoms with Gasteiger partial charge in [0.05, 0.1) is 29.6 Å². The summed E-state index contributed by atoms with van der Waals surface area (Å²) >= 11 is 1.64. The number of hydrogen-bond donors (Lipinski definition) is 0. The number of morpholine rings is 1. The van der Waals surface area contributed by atoms with E-state index < -0.39 is 0 Å². The van der Waals surface area contributed by atoms with Gasteiger partial charge in [-0.2, -0.15) is 5.10 Å². The molecule has 1 aliphatic heterocycles. The maximum absolute atomic E-state index is 5.40.